The zero-order valence-electron chi connectivity index (χ0n) is 17.1. The van der Waals surface area contributed by atoms with Gasteiger partial charge >= 0.3 is 6.18 Å². The molecule has 0 aliphatic carbocycles. The van der Waals surface area contributed by atoms with E-state index in [2.05, 4.69) is 9.97 Å². The van der Waals surface area contributed by atoms with Gasteiger partial charge in [-0.3, -0.25) is 4.98 Å². The van der Waals surface area contributed by atoms with E-state index in [1.807, 2.05) is 13.8 Å². The highest BCUT2D eigenvalue weighted by Gasteiger charge is 2.41. The van der Waals surface area contributed by atoms with Gasteiger partial charge in [0.1, 0.15) is 11.4 Å². The molecule has 1 N–H and O–H groups in total. The molecular weight excluding hydrogens is 442 g/mol. The summed E-state index contributed by atoms with van der Waals surface area (Å²) in [6, 6.07) is 17.3. The van der Waals surface area contributed by atoms with Crippen molar-refractivity contribution >= 4 is 12.3 Å². The normalized spacial score (nSPS) is 11.1. The van der Waals surface area contributed by atoms with Gasteiger partial charge in [0.05, 0.1) is 5.69 Å². The van der Waals surface area contributed by atoms with Crippen molar-refractivity contribution in [1.29, 1.82) is 0 Å². The summed E-state index contributed by atoms with van der Waals surface area (Å²) in [5, 5.41) is 9.38. The third-order valence-corrected chi connectivity index (χ3v) is 4.90. The highest BCUT2D eigenvalue weighted by atomic mass is 32.2. The van der Waals surface area contributed by atoms with Crippen molar-refractivity contribution in [2.24, 2.45) is 0 Å². The molecule has 0 atom stereocenters. The number of aromatic nitrogens is 3. The number of nitrogens with zero attached hydrogens (tertiary/aromatic N) is 3. The molecule has 0 unspecified atom stereocenters. The first-order chi connectivity index (χ1) is 15.4. The fraction of sp³-hybridized carbons (Fsp3) is 0.130. The van der Waals surface area contributed by atoms with Gasteiger partial charge in [-0.2, -0.15) is 13.2 Å². The molecule has 0 spiro atoms. The zero-order valence-corrected chi connectivity index (χ0v) is 18.0. The van der Waals surface area contributed by atoms with Gasteiger partial charge in [0.2, 0.25) is 0 Å². The van der Waals surface area contributed by atoms with Crippen LogP contribution in [0.3, 0.4) is 0 Å². The molecule has 0 saturated heterocycles. The fourth-order valence-corrected chi connectivity index (χ4v) is 3.50. The molecule has 2 aromatic heterocycles. The number of hydrogen-bond acceptors (Lipinski definition) is 4. The number of imidazole rings is 1. The van der Waals surface area contributed by atoms with Crippen LogP contribution in [0.1, 0.15) is 19.5 Å². The summed E-state index contributed by atoms with van der Waals surface area (Å²) in [6.07, 6.45) is -3.47. The number of pyridine rings is 1. The zero-order chi connectivity index (χ0) is 23.3. The minimum Gasteiger partial charge on any atom is -0.508 e. The third-order valence-electron chi connectivity index (χ3n) is 4.41. The van der Waals surface area contributed by atoms with Crippen molar-refractivity contribution in [2.75, 3.05) is 0 Å². The van der Waals surface area contributed by atoms with E-state index in [0.29, 0.717) is 15.2 Å². The van der Waals surface area contributed by atoms with Crippen molar-refractivity contribution in [3.8, 4) is 39.7 Å². The molecule has 4 nitrogen and oxygen atoms in total. The lowest BCUT2D eigenvalue weighted by atomic mass is 10.1. The summed E-state index contributed by atoms with van der Waals surface area (Å²) in [7, 11) is 0. The van der Waals surface area contributed by atoms with Gasteiger partial charge < -0.3 is 5.11 Å². The van der Waals surface area contributed by atoms with E-state index in [-0.39, 0.29) is 28.4 Å². The first kappa shape index (κ1) is 23.3. The molecule has 0 saturated carbocycles. The number of rotatable bonds is 4. The second-order valence-corrected chi connectivity index (χ2v) is 6.84. The monoisotopic (exact) mass is 461 g/mol. The second kappa shape index (κ2) is 9.86. The molecule has 166 valence electrons. The minimum absolute atomic E-state index is 0.102. The lowest BCUT2D eigenvalue weighted by Crippen LogP contribution is -2.11. The van der Waals surface area contributed by atoms with E-state index >= 15 is 0 Å². The van der Waals surface area contributed by atoms with Crippen LogP contribution in [-0.4, -0.2) is 19.0 Å². The maximum absolute atomic E-state index is 13.8. The average molecular weight is 461 g/mol. The van der Waals surface area contributed by atoms with Crippen LogP contribution < -0.4 is 0 Å². The van der Waals surface area contributed by atoms with Crippen LogP contribution in [0.5, 0.6) is 5.75 Å². The highest BCUT2D eigenvalue weighted by Crippen LogP contribution is 2.42. The smallest absolute Gasteiger partial charge is 0.434 e. The average Bonchev–Trinajstić information content (AvgIpc) is 3.22. The SMILES string of the molecule is CC.Oc1ccc(-c2ccc(-c3nc(-c4ccccc4)c(C(F)(F)F)n3SF)cn2)cc1. The molecule has 32 heavy (non-hydrogen) atoms. The fourth-order valence-electron chi connectivity index (χ4n) is 3.03. The molecule has 4 aromatic rings. The van der Waals surface area contributed by atoms with E-state index in [4.69, 9.17) is 0 Å². The lowest BCUT2D eigenvalue weighted by Gasteiger charge is -2.10. The number of aromatic hydroxyl groups is 1. The number of benzene rings is 2. The van der Waals surface area contributed by atoms with Gasteiger partial charge in [-0.05, 0) is 36.4 Å². The molecule has 9 heteroatoms. The van der Waals surface area contributed by atoms with Crippen LogP contribution in [0, 0.1) is 0 Å². The molecule has 0 amide bonds. The van der Waals surface area contributed by atoms with Crippen LogP contribution in [0.25, 0.3) is 33.9 Å². The second-order valence-electron chi connectivity index (χ2n) is 6.34. The van der Waals surface area contributed by atoms with Crippen LogP contribution in [0.15, 0.2) is 72.9 Å². The maximum atomic E-state index is 13.8. The van der Waals surface area contributed by atoms with Crippen molar-refractivity contribution < 1.29 is 22.2 Å². The van der Waals surface area contributed by atoms with Gasteiger partial charge in [-0.25, -0.2) is 8.96 Å². The molecular formula is C23H19F4N3OS. The van der Waals surface area contributed by atoms with Crippen LogP contribution >= 0.6 is 12.3 Å². The Labute approximate surface area is 187 Å². The van der Waals surface area contributed by atoms with Gasteiger partial charge in [0.25, 0.3) is 0 Å². The first-order valence-corrected chi connectivity index (χ1v) is 10.4. The van der Waals surface area contributed by atoms with E-state index in [9.17, 15) is 22.2 Å². The van der Waals surface area contributed by atoms with Crippen molar-refractivity contribution in [2.45, 2.75) is 20.0 Å². The van der Waals surface area contributed by atoms with Gasteiger partial charge in [0, 0.05) is 22.9 Å². The van der Waals surface area contributed by atoms with E-state index in [1.54, 1.807) is 36.4 Å². The summed E-state index contributed by atoms with van der Waals surface area (Å²) in [5.74, 6) is -0.0936. The van der Waals surface area contributed by atoms with Gasteiger partial charge in [-0.1, -0.05) is 44.2 Å². The predicted molar refractivity (Wildman–Crippen MR) is 118 cm³/mol. The molecule has 2 aromatic carbocycles. The van der Waals surface area contributed by atoms with E-state index in [0.717, 1.165) is 0 Å². The molecule has 0 aliphatic heterocycles. The molecule has 4 rings (SSSR count). The number of halogens is 4. The molecule has 0 bridgehead atoms. The van der Waals surface area contributed by atoms with Crippen molar-refractivity contribution in [3.63, 3.8) is 0 Å². The van der Waals surface area contributed by atoms with E-state index < -0.39 is 24.2 Å². The number of hydrogen-bond donors (Lipinski definition) is 1. The van der Waals surface area contributed by atoms with Crippen LogP contribution in [0.2, 0.25) is 0 Å². The summed E-state index contributed by atoms with van der Waals surface area (Å²) < 4.78 is 55.4. The van der Waals surface area contributed by atoms with E-state index in [1.165, 1.54) is 36.5 Å². The Hall–Kier alpha value is -3.33. The molecule has 0 fully saturated rings. The van der Waals surface area contributed by atoms with Crippen molar-refractivity contribution in [1.82, 2.24) is 13.9 Å². The first-order valence-electron chi connectivity index (χ1n) is 9.69. The summed E-state index contributed by atoms with van der Waals surface area (Å²) in [4.78, 5) is 8.37. The Morgan fingerprint density at radius 1 is 0.844 bits per heavy atom. The maximum Gasteiger partial charge on any atom is 0.434 e. The molecule has 0 aliphatic rings. The molecule has 0 radical (unpaired) electrons. The number of alkyl halides is 3. The Morgan fingerprint density at radius 3 is 2.00 bits per heavy atom. The summed E-state index contributed by atoms with van der Waals surface area (Å²) in [6.45, 7) is 4.00. The van der Waals surface area contributed by atoms with Crippen LogP contribution in [0.4, 0.5) is 17.1 Å². The number of phenolic OH excluding ortho intramolecular Hbond substituents is 1. The largest absolute Gasteiger partial charge is 0.508 e. The summed E-state index contributed by atoms with van der Waals surface area (Å²) >= 11 is -0.560. The number of phenols is 1. The minimum atomic E-state index is -4.81. The Balaban J connectivity index is 0.00000141. The van der Waals surface area contributed by atoms with Crippen molar-refractivity contribution in [3.05, 3.63) is 78.6 Å². The Bertz CT molecular complexity index is 1160. The molecule has 2 heterocycles. The standard InChI is InChI=1S/C21H13F4N3OS.C2H6/c22-21(23,24)19-18(14-4-2-1-3-5-14)27-20(28(19)30-25)15-8-11-17(26-12-15)13-6-9-16(29)10-7-13;1-2/h1-12,29H;1-2H3. The van der Waals surface area contributed by atoms with Crippen LogP contribution in [-0.2, 0) is 6.18 Å². The lowest BCUT2D eigenvalue weighted by molar-refractivity contribution is -0.141. The quantitative estimate of drug-likeness (QED) is 0.322. The Kier molecular flexibility index (Phi) is 7.19. The summed E-state index contributed by atoms with van der Waals surface area (Å²) in [5.41, 5.74) is 0.181. The predicted octanol–water partition coefficient (Wildman–Crippen LogP) is 7.41. The highest BCUT2D eigenvalue weighted by molar-refractivity contribution is 7.92. The third kappa shape index (κ3) is 4.77. The van der Waals surface area contributed by atoms with Gasteiger partial charge in [0.15, 0.2) is 23.9 Å². The Morgan fingerprint density at radius 2 is 1.47 bits per heavy atom. The topological polar surface area (TPSA) is 50.9 Å². The van der Waals surface area contributed by atoms with Gasteiger partial charge in [-0.15, -0.1) is 3.89 Å².